The minimum atomic E-state index is 0.588. The molecular formula is C14H13IN2. The molecule has 3 heteroatoms. The standard InChI is InChI=1S/C14H13IN2/c15-13-8-6-12(7-9-13)14(16)17-10-11-4-2-1-3-5-11/h1-9H,10H2,(H2,16,17). The highest BCUT2D eigenvalue weighted by atomic mass is 127. The van der Waals surface area contributed by atoms with E-state index in [-0.39, 0.29) is 0 Å². The summed E-state index contributed by atoms with van der Waals surface area (Å²) in [7, 11) is 0. The van der Waals surface area contributed by atoms with Crippen LogP contribution in [0.5, 0.6) is 0 Å². The smallest absolute Gasteiger partial charge is 0.125 e. The van der Waals surface area contributed by atoms with Gasteiger partial charge in [-0.15, -0.1) is 0 Å². The van der Waals surface area contributed by atoms with Crippen LogP contribution in [0.4, 0.5) is 0 Å². The molecule has 2 rings (SSSR count). The molecule has 0 spiro atoms. The van der Waals surface area contributed by atoms with E-state index in [1.54, 1.807) is 0 Å². The van der Waals surface area contributed by atoms with E-state index in [2.05, 4.69) is 27.6 Å². The SMILES string of the molecule is NC(=NCc1ccccc1)c1ccc(I)cc1. The van der Waals surface area contributed by atoms with Crippen molar-refractivity contribution in [2.75, 3.05) is 0 Å². The second-order valence-electron chi connectivity index (χ2n) is 3.69. The average molecular weight is 336 g/mol. The Bertz CT molecular complexity index is 504. The summed E-state index contributed by atoms with van der Waals surface area (Å²) in [4.78, 5) is 4.39. The van der Waals surface area contributed by atoms with E-state index in [0.717, 1.165) is 5.56 Å². The van der Waals surface area contributed by atoms with Crippen LogP contribution in [-0.4, -0.2) is 5.84 Å². The molecule has 0 saturated heterocycles. The average Bonchev–Trinajstić information content (AvgIpc) is 2.38. The molecule has 0 atom stereocenters. The Morgan fingerprint density at radius 1 is 1.00 bits per heavy atom. The van der Waals surface area contributed by atoms with Gasteiger partial charge in [-0.3, -0.25) is 4.99 Å². The molecule has 0 radical (unpaired) electrons. The molecule has 0 amide bonds. The van der Waals surface area contributed by atoms with Crippen molar-refractivity contribution < 1.29 is 0 Å². The minimum Gasteiger partial charge on any atom is -0.383 e. The Hall–Kier alpha value is -1.36. The highest BCUT2D eigenvalue weighted by Gasteiger charge is 1.97. The third kappa shape index (κ3) is 3.56. The normalized spacial score (nSPS) is 11.5. The molecular weight excluding hydrogens is 323 g/mol. The molecule has 0 bridgehead atoms. The van der Waals surface area contributed by atoms with E-state index >= 15 is 0 Å². The zero-order chi connectivity index (χ0) is 12.1. The minimum absolute atomic E-state index is 0.588. The molecule has 0 aromatic heterocycles. The number of hydrogen-bond acceptors (Lipinski definition) is 1. The number of amidine groups is 1. The second-order valence-corrected chi connectivity index (χ2v) is 4.94. The fourth-order valence-electron chi connectivity index (χ4n) is 1.47. The molecule has 0 heterocycles. The first kappa shape index (κ1) is 12.1. The van der Waals surface area contributed by atoms with E-state index < -0.39 is 0 Å². The van der Waals surface area contributed by atoms with Crippen molar-refractivity contribution in [3.05, 3.63) is 69.3 Å². The maximum Gasteiger partial charge on any atom is 0.125 e. The Balaban J connectivity index is 2.10. The lowest BCUT2D eigenvalue weighted by atomic mass is 10.2. The molecule has 0 unspecified atom stereocenters. The Labute approximate surface area is 115 Å². The molecule has 0 aliphatic rings. The molecule has 0 aliphatic heterocycles. The van der Waals surface area contributed by atoms with Gasteiger partial charge in [-0.1, -0.05) is 42.5 Å². The number of rotatable bonds is 3. The third-order valence-corrected chi connectivity index (χ3v) is 3.13. The molecule has 86 valence electrons. The van der Waals surface area contributed by atoms with Gasteiger partial charge in [0.05, 0.1) is 6.54 Å². The maximum atomic E-state index is 5.94. The lowest BCUT2D eigenvalue weighted by Crippen LogP contribution is -2.13. The quantitative estimate of drug-likeness (QED) is 0.522. The van der Waals surface area contributed by atoms with Gasteiger partial charge in [0, 0.05) is 9.13 Å². The van der Waals surface area contributed by atoms with Crippen LogP contribution >= 0.6 is 22.6 Å². The largest absolute Gasteiger partial charge is 0.383 e. The summed E-state index contributed by atoms with van der Waals surface area (Å²) in [6.45, 7) is 0.624. The molecule has 0 saturated carbocycles. The van der Waals surface area contributed by atoms with E-state index in [1.165, 1.54) is 9.13 Å². The van der Waals surface area contributed by atoms with Gasteiger partial charge in [-0.2, -0.15) is 0 Å². The first-order valence-corrected chi connectivity index (χ1v) is 6.43. The van der Waals surface area contributed by atoms with Gasteiger partial charge < -0.3 is 5.73 Å². The summed E-state index contributed by atoms with van der Waals surface area (Å²) in [6, 6.07) is 18.1. The monoisotopic (exact) mass is 336 g/mol. The Morgan fingerprint density at radius 3 is 2.29 bits per heavy atom. The molecule has 0 fully saturated rings. The van der Waals surface area contributed by atoms with Crippen LogP contribution < -0.4 is 5.73 Å². The molecule has 0 aliphatic carbocycles. The molecule has 2 nitrogen and oxygen atoms in total. The number of aliphatic imine (C=N–C) groups is 1. The highest BCUT2D eigenvalue weighted by molar-refractivity contribution is 14.1. The van der Waals surface area contributed by atoms with Crippen molar-refractivity contribution in [2.24, 2.45) is 10.7 Å². The summed E-state index contributed by atoms with van der Waals surface area (Å²) in [5.41, 5.74) is 8.08. The van der Waals surface area contributed by atoms with Crippen LogP contribution in [0.1, 0.15) is 11.1 Å². The maximum absolute atomic E-state index is 5.94. The van der Waals surface area contributed by atoms with Gasteiger partial charge in [0.2, 0.25) is 0 Å². The number of nitrogens with zero attached hydrogens (tertiary/aromatic N) is 1. The van der Waals surface area contributed by atoms with Crippen LogP contribution in [0, 0.1) is 3.57 Å². The van der Waals surface area contributed by atoms with Gasteiger partial charge >= 0.3 is 0 Å². The fraction of sp³-hybridized carbons (Fsp3) is 0.0714. The zero-order valence-electron chi connectivity index (χ0n) is 9.31. The Morgan fingerprint density at radius 2 is 1.65 bits per heavy atom. The topological polar surface area (TPSA) is 38.4 Å². The van der Waals surface area contributed by atoms with Crippen LogP contribution in [0.25, 0.3) is 0 Å². The van der Waals surface area contributed by atoms with Crippen molar-refractivity contribution in [1.82, 2.24) is 0 Å². The fourth-order valence-corrected chi connectivity index (χ4v) is 1.83. The third-order valence-electron chi connectivity index (χ3n) is 2.41. The van der Waals surface area contributed by atoms with Crippen LogP contribution in [-0.2, 0) is 6.54 Å². The molecule has 2 aromatic carbocycles. The first-order valence-electron chi connectivity index (χ1n) is 5.35. The summed E-state index contributed by atoms with van der Waals surface area (Å²) in [5.74, 6) is 0.588. The number of nitrogens with two attached hydrogens (primary N) is 1. The summed E-state index contributed by atoms with van der Waals surface area (Å²) in [5, 5.41) is 0. The number of halogens is 1. The lowest BCUT2D eigenvalue weighted by molar-refractivity contribution is 1.06. The van der Waals surface area contributed by atoms with Gasteiger partial charge in [0.15, 0.2) is 0 Å². The van der Waals surface area contributed by atoms with Gasteiger partial charge in [-0.05, 0) is 40.3 Å². The molecule has 17 heavy (non-hydrogen) atoms. The van der Waals surface area contributed by atoms with Crippen LogP contribution in [0.2, 0.25) is 0 Å². The predicted molar refractivity (Wildman–Crippen MR) is 80.0 cm³/mol. The lowest BCUT2D eigenvalue weighted by Gasteiger charge is -2.01. The van der Waals surface area contributed by atoms with E-state index in [1.807, 2.05) is 54.6 Å². The van der Waals surface area contributed by atoms with Gasteiger partial charge in [-0.25, -0.2) is 0 Å². The van der Waals surface area contributed by atoms with E-state index in [0.29, 0.717) is 12.4 Å². The van der Waals surface area contributed by atoms with Crippen LogP contribution in [0.15, 0.2) is 59.6 Å². The summed E-state index contributed by atoms with van der Waals surface area (Å²) in [6.07, 6.45) is 0. The van der Waals surface area contributed by atoms with Crippen molar-refractivity contribution in [2.45, 2.75) is 6.54 Å². The second kappa shape index (κ2) is 5.82. The Kier molecular flexibility index (Phi) is 4.14. The zero-order valence-corrected chi connectivity index (χ0v) is 11.5. The van der Waals surface area contributed by atoms with Crippen molar-refractivity contribution in [3.63, 3.8) is 0 Å². The van der Waals surface area contributed by atoms with E-state index in [9.17, 15) is 0 Å². The van der Waals surface area contributed by atoms with E-state index in [4.69, 9.17) is 5.73 Å². The van der Waals surface area contributed by atoms with Gasteiger partial charge in [0.25, 0.3) is 0 Å². The number of benzene rings is 2. The molecule has 2 aromatic rings. The van der Waals surface area contributed by atoms with Gasteiger partial charge in [0.1, 0.15) is 5.84 Å². The summed E-state index contributed by atoms with van der Waals surface area (Å²) >= 11 is 2.27. The number of hydrogen-bond donors (Lipinski definition) is 1. The first-order chi connectivity index (χ1) is 8.25. The molecule has 2 N–H and O–H groups in total. The van der Waals surface area contributed by atoms with Crippen molar-refractivity contribution in [1.29, 1.82) is 0 Å². The predicted octanol–water partition coefficient (Wildman–Crippen LogP) is 3.20. The highest BCUT2D eigenvalue weighted by Crippen LogP contribution is 2.07. The van der Waals surface area contributed by atoms with Crippen molar-refractivity contribution in [3.8, 4) is 0 Å². The van der Waals surface area contributed by atoms with Crippen LogP contribution in [0.3, 0.4) is 0 Å². The summed E-state index contributed by atoms with van der Waals surface area (Å²) < 4.78 is 1.20. The van der Waals surface area contributed by atoms with Crippen molar-refractivity contribution >= 4 is 28.4 Å².